The maximum Gasteiger partial charge on any atom is 0.416 e. The molecule has 3 rings (SSSR count). The number of thiophene rings is 1. The van der Waals surface area contributed by atoms with E-state index >= 15 is 0 Å². The number of ketones is 1. The first-order valence-corrected chi connectivity index (χ1v) is 12.0. The van der Waals surface area contributed by atoms with Gasteiger partial charge >= 0.3 is 6.18 Å². The molecular weight excluding hydrogens is 459 g/mol. The van der Waals surface area contributed by atoms with Crippen LogP contribution < -0.4 is 4.72 Å². The second-order valence-electron chi connectivity index (χ2n) is 7.06. The highest BCUT2D eigenvalue weighted by Crippen LogP contribution is 2.31. The molecule has 3 aromatic rings. The molecule has 32 heavy (non-hydrogen) atoms. The molecule has 2 aromatic carbocycles. The van der Waals surface area contributed by atoms with Gasteiger partial charge in [0.05, 0.1) is 10.5 Å². The molecule has 168 valence electrons. The number of nitrogens with one attached hydrogen (secondary N) is 1. The van der Waals surface area contributed by atoms with Crippen LogP contribution in [-0.2, 0) is 33.8 Å². The Kier molecular flexibility index (Phi) is 7.33. The van der Waals surface area contributed by atoms with Gasteiger partial charge in [0.2, 0.25) is 10.0 Å². The molecule has 0 saturated carbocycles. The summed E-state index contributed by atoms with van der Waals surface area (Å²) in [5.74, 6) is -0.325. The zero-order valence-electron chi connectivity index (χ0n) is 16.9. The highest BCUT2D eigenvalue weighted by atomic mass is 32.2. The second kappa shape index (κ2) is 9.81. The van der Waals surface area contributed by atoms with E-state index in [1.807, 2.05) is 16.8 Å². The largest absolute Gasteiger partial charge is 0.416 e. The number of alkyl halides is 3. The van der Waals surface area contributed by atoms with Gasteiger partial charge in [-0.05, 0) is 57.3 Å². The van der Waals surface area contributed by atoms with Gasteiger partial charge in [0, 0.05) is 19.4 Å². The fourth-order valence-corrected chi connectivity index (χ4v) is 4.90. The Morgan fingerprint density at radius 2 is 1.88 bits per heavy atom. The first-order valence-electron chi connectivity index (χ1n) is 9.54. The van der Waals surface area contributed by atoms with Crippen LogP contribution in [0.2, 0.25) is 0 Å². The topological polar surface area (TPSA) is 63.2 Å². The molecule has 9 heteroatoms. The fraction of sp³-hybridized carbons (Fsp3) is 0.174. The normalized spacial score (nSPS) is 12.0. The van der Waals surface area contributed by atoms with Crippen molar-refractivity contribution in [2.45, 2.75) is 23.9 Å². The third-order valence-electron chi connectivity index (χ3n) is 4.68. The number of carbonyl (C=O) groups excluding carboxylic acids is 1. The summed E-state index contributed by atoms with van der Waals surface area (Å²) in [5.41, 5.74) is 1.45. The molecule has 0 spiro atoms. The Labute approximate surface area is 188 Å². The molecule has 4 nitrogen and oxygen atoms in total. The van der Waals surface area contributed by atoms with Crippen LogP contribution in [0.5, 0.6) is 0 Å². The number of hydrogen-bond donors (Lipinski definition) is 1. The molecule has 0 radical (unpaired) electrons. The van der Waals surface area contributed by atoms with E-state index in [4.69, 9.17) is 0 Å². The molecule has 1 aromatic heterocycles. The number of rotatable bonds is 9. The molecule has 0 aliphatic rings. The Bertz CT molecular complexity index is 1220. The molecule has 1 N–H and O–H groups in total. The predicted octanol–water partition coefficient (Wildman–Crippen LogP) is 5.25. The van der Waals surface area contributed by atoms with Gasteiger partial charge in [-0.3, -0.25) is 4.79 Å². The van der Waals surface area contributed by atoms with E-state index in [0.29, 0.717) is 11.1 Å². The van der Waals surface area contributed by atoms with Crippen LogP contribution in [0.1, 0.15) is 16.7 Å². The minimum Gasteiger partial charge on any atom is -0.299 e. The van der Waals surface area contributed by atoms with E-state index in [1.165, 1.54) is 41.7 Å². The lowest BCUT2D eigenvalue weighted by Gasteiger charge is -2.12. The average Bonchev–Trinajstić information content (AvgIpc) is 3.26. The van der Waals surface area contributed by atoms with Gasteiger partial charge in [-0.1, -0.05) is 30.3 Å². The lowest BCUT2D eigenvalue weighted by molar-refractivity contribution is -0.137. The van der Waals surface area contributed by atoms with Gasteiger partial charge in [0.15, 0.2) is 0 Å². The molecule has 0 aliphatic carbocycles. The number of carbonyl (C=O) groups is 1. The number of sulfonamides is 1. The smallest absolute Gasteiger partial charge is 0.299 e. The van der Waals surface area contributed by atoms with Gasteiger partial charge in [-0.25, -0.2) is 13.1 Å². The minimum absolute atomic E-state index is 0.000184. The molecule has 0 unspecified atom stereocenters. The molecule has 1 heterocycles. The van der Waals surface area contributed by atoms with E-state index in [9.17, 15) is 26.4 Å². The summed E-state index contributed by atoms with van der Waals surface area (Å²) in [6.07, 6.45) is -3.39. The minimum atomic E-state index is -4.49. The van der Waals surface area contributed by atoms with Gasteiger partial charge < -0.3 is 0 Å². The van der Waals surface area contributed by atoms with Gasteiger partial charge in [0.1, 0.15) is 5.78 Å². The van der Waals surface area contributed by atoms with E-state index < -0.39 is 21.8 Å². The second-order valence-corrected chi connectivity index (χ2v) is 9.61. The summed E-state index contributed by atoms with van der Waals surface area (Å²) in [7, 11) is -3.80. The zero-order valence-corrected chi connectivity index (χ0v) is 18.5. The van der Waals surface area contributed by atoms with Crippen molar-refractivity contribution in [3.8, 4) is 11.1 Å². The average molecular weight is 480 g/mol. The zero-order chi connectivity index (χ0) is 23.4. The monoisotopic (exact) mass is 479 g/mol. The van der Waals surface area contributed by atoms with E-state index in [2.05, 4.69) is 11.3 Å². The first kappa shape index (κ1) is 23.9. The summed E-state index contributed by atoms with van der Waals surface area (Å²) in [4.78, 5) is 12.7. The van der Waals surface area contributed by atoms with Crippen molar-refractivity contribution in [3.05, 3.63) is 88.6 Å². The number of benzene rings is 2. The van der Waals surface area contributed by atoms with Gasteiger partial charge in [-0.2, -0.15) is 24.5 Å². The van der Waals surface area contributed by atoms with Crippen LogP contribution in [0.15, 0.2) is 76.8 Å². The third kappa shape index (κ3) is 5.93. The van der Waals surface area contributed by atoms with Crippen LogP contribution >= 0.6 is 11.3 Å². The summed E-state index contributed by atoms with van der Waals surface area (Å²) >= 11 is 1.46. The fourth-order valence-electron chi connectivity index (χ4n) is 3.20. The predicted molar refractivity (Wildman–Crippen MR) is 119 cm³/mol. The van der Waals surface area contributed by atoms with Gasteiger partial charge in [0.25, 0.3) is 0 Å². The highest BCUT2D eigenvalue weighted by molar-refractivity contribution is 7.89. The van der Waals surface area contributed by atoms with E-state index in [-0.39, 0.29) is 35.6 Å². The number of Topliss-reactive ketones (excluding diaryl/α,β-unsaturated/α-hetero) is 1. The quantitative estimate of drug-likeness (QED) is 0.426. The van der Waals surface area contributed by atoms with Crippen molar-refractivity contribution in [1.82, 2.24) is 4.72 Å². The van der Waals surface area contributed by atoms with E-state index in [0.717, 1.165) is 17.7 Å². The summed E-state index contributed by atoms with van der Waals surface area (Å²) in [5, 5.41) is 3.74. The van der Waals surface area contributed by atoms with Crippen molar-refractivity contribution in [3.63, 3.8) is 0 Å². The van der Waals surface area contributed by atoms with Crippen molar-refractivity contribution in [1.29, 1.82) is 0 Å². The SMILES string of the molecule is C=CCNS(=O)(=O)c1ccc(-c2ccsc2)c(CC(=O)Cc2cccc(C(F)(F)F)c2)c1. The van der Waals surface area contributed by atoms with Crippen LogP contribution in [0.25, 0.3) is 11.1 Å². The molecule has 0 fully saturated rings. The maximum absolute atomic E-state index is 13.0. The van der Waals surface area contributed by atoms with Crippen molar-refractivity contribution in [2.24, 2.45) is 0 Å². The summed E-state index contributed by atoms with van der Waals surface area (Å²) in [6.45, 7) is 3.54. The standard InChI is InChI=1S/C23H20F3NO3S2/c1-2-9-27-32(29,30)21-6-7-22(17-8-10-31-15-17)18(14-21)13-20(28)12-16-4-3-5-19(11-16)23(24,25)26/h2-8,10-11,14-15,27H,1,9,12-13H2. The maximum atomic E-state index is 13.0. The molecule has 0 saturated heterocycles. The van der Waals surface area contributed by atoms with Crippen LogP contribution in [-0.4, -0.2) is 20.7 Å². The number of halogens is 3. The lowest BCUT2D eigenvalue weighted by Crippen LogP contribution is -2.24. The van der Waals surface area contributed by atoms with Crippen LogP contribution in [0.3, 0.4) is 0 Å². The van der Waals surface area contributed by atoms with Gasteiger partial charge in [-0.15, -0.1) is 6.58 Å². The Balaban J connectivity index is 1.90. The highest BCUT2D eigenvalue weighted by Gasteiger charge is 2.30. The molecule has 0 aliphatic heterocycles. The Morgan fingerprint density at radius 1 is 1.09 bits per heavy atom. The van der Waals surface area contributed by atoms with Crippen LogP contribution in [0, 0.1) is 0 Å². The third-order valence-corrected chi connectivity index (χ3v) is 6.78. The van der Waals surface area contributed by atoms with Crippen molar-refractivity contribution in [2.75, 3.05) is 6.54 Å². The summed E-state index contributed by atoms with van der Waals surface area (Å²) in [6, 6.07) is 11.0. The molecule has 0 atom stereocenters. The molecular formula is C23H20F3NO3S2. The Hall–Kier alpha value is -2.75. The summed E-state index contributed by atoms with van der Waals surface area (Å²) < 4.78 is 66.2. The number of hydrogen-bond acceptors (Lipinski definition) is 4. The molecule has 0 bridgehead atoms. The first-order chi connectivity index (χ1) is 15.1. The van der Waals surface area contributed by atoms with Crippen molar-refractivity contribution >= 4 is 27.1 Å². The Morgan fingerprint density at radius 3 is 2.53 bits per heavy atom. The van der Waals surface area contributed by atoms with Crippen LogP contribution in [0.4, 0.5) is 13.2 Å². The van der Waals surface area contributed by atoms with E-state index in [1.54, 1.807) is 6.07 Å². The lowest BCUT2D eigenvalue weighted by atomic mass is 9.95. The van der Waals surface area contributed by atoms with Crippen molar-refractivity contribution < 1.29 is 26.4 Å². The molecule has 0 amide bonds.